The second-order valence-electron chi connectivity index (χ2n) is 6.67. The van der Waals surface area contributed by atoms with Crippen molar-refractivity contribution < 1.29 is 14.4 Å². The van der Waals surface area contributed by atoms with Gasteiger partial charge in [0.05, 0.1) is 6.54 Å². The van der Waals surface area contributed by atoms with Crippen LogP contribution in [0.25, 0.3) is 0 Å². The summed E-state index contributed by atoms with van der Waals surface area (Å²) in [7, 11) is 0. The van der Waals surface area contributed by atoms with Crippen molar-refractivity contribution in [2.75, 3.05) is 6.54 Å². The number of hydrogen-bond donors (Lipinski definition) is 1. The van der Waals surface area contributed by atoms with Gasteiger partial charge in [-0.15, -0.1) is 0 Å². The molecule has 1 atom stereocenters. The number of carbonyl (C=O) groups excluding carboxylic acids is 3. The number of hydrogen-bond acceptors (Lipinski definition) is 3. The van der Waals surface area contributed by atoms with Gasteiger partial charge in [0.2, 0.25) is 0 Å². The van der Waals surface area contributed by atoms with E-state index in [9.17, 15) is 14.4 Å². The number of rotatable bonds is 3. The molecule has 3 amide bonds. The zero-order chi connectivity index (χ0) is 18.3. The minimum atomic E-state index is -1.05. The van der Waals surface area contributed by atoms with Crippen molar-refractivity contribution in [3.05, 3.63) is 70.2 Å². The Morgan fingerprint density at radius 1 is 1.12 bits per heavy atom. The molecule has 0 saturated carbocycles. The zero-order valence-corrected chi connectivity index (χ0v) is 14.8. The van der Waals surface area contributed by atoms with Crippen LogP contribution >= 0.6 is 11.6 Å². The molecule has 1 unspecified atom stereocenters. The van der Waals surface area contributed by atoms with Gasteiger partial charge in [-0.05, 0) is 54.7 Å². The van der Waals surface area contributed by atoms with Crippen molar-refractivity contribution in [1.82, 2.24) is 10.2 Å². The summed E-state index contributed by atoms with van der Waals surface area (Å²) in [6, 6.07) is 13.6. The second-order valence-corrected chi connectivity index (χ2v) is 7.10. The molecule has 132 valence electrons. The number of halogens is 1. The molecule has 4 rings (SSSR count). The third kappa shape index (κ3) is 2.59. The van der Waals surface area contributed by atoms with E-state index in [1.54, 1.807) is 24.3 Å². The summed E-state index contributed by atoms with van der Waals surface area (Å²) in [4.78, 5) is 39.2. The van der Waals surface area contributed by atoms with Crippen LogP contribution in [0, 0.1) is 0 Å². The van der Waals surface area contributed by atoms with Crippen LogP contribution in [0.5, 0.6) is 0 Å². The monoisotopic (exact) mass is 368 g/mol. The van der Waals surface area contributed by atoms with Crippen molar-refractivity contribution in [2.45, 2.75) is 24.8 Å². The van der Waals surface area contributed by atoms with Crippen LogP contribution in [0.4, 0.5) is 4.79 Å². The minimum Gasteiger partial charge on any atom is -0.319 e. The Morgan fingerprint density at radius 2 is 1.85 bits per heavy atom. The predicted octanol–water partition coefficient (Wildman–Crippen LogP) is 3.31. The largest absolute Gasteiger partial charge is 0.325 e. The van der Waals surface area contributed by atoms with Crippen LogP contribution < -0.4 is 5.32 Å². The molecule has 0 aromatic heterocycles. The van der Waals surface area contributed by atoms with E-state index in [-0.39, 0.29) is 18.2 Å². The van der Waals surface area contributed by atoms with Gasteiger partial charge in [0.15, 0.2) is 5.78 Å². The lowest BCUT2D eigenvalue weighted by molar-refractivity contribution is -0.131. The van der Waals surface area contributed by atoms with Crippen LogP contribution in [-0.4, -0.2) is 29.2 Å². The average molecular weight is 369 g/mol. The number of carbonyl (C=O) groups is 3. The van der Waals surface area contributed by atoms with E-state index in [0.29, 0.717) is 17.0 Å². The molecule has 1 spiro atoms. The number of benzene rings is 2. The molecule has 5 nitrogen and oxygen atoms in total. The Labute approximate surface area is 155 Å². The standard InChI is InChI=1S/C20H17ClN2O3/c21-15-9-7-14(8-10-15)17(24)12-23-18(25)20(22-19(23)26)11-3-5-13-4-1-2-6-16(13)20/h1-2,4,6-10H,3,5,11-12H2,(H,22,26). The van der Waals surface area contributed by atoms with E-state index in [2.05, 4.69) is 5.32 Å². The third-order valence-electron chi connectivity index (χ3n) is 5.12. The molecule has 26 heavy (non-hydrogen) atoms. The summed E-state index contributed by atoms with van der Waals surface area (Å²) in [6.45, 7) is -0.282. The molecule has 1 N–H and O–H groups in total. The Morgan fingerprint density at radius 3 is 2.62 bits per heavy atom. The Bertz CT molecular complexity index is 910. The molecule has 1 aliphatic heterocycles. The number of amides is 3. The van der Waals surface area contributed by atoms with Crippen LogP contribution in [0.1, 0.15) is 34.3 Å². The van der Waals surface area contributed by atoms with Gasteiger partial charge in [0.25, 0.3) is 5.91 Å². The second kappa shape index (κ2) is 6.25. The van der Waals surface area contributed by atoms with Crippen LogP contribution in [0.2, 0.25) is 5.02 Å². The predicted molar refractivity (Wildman–Crippen MR) is 97.1 cm³/mol. The van der Waals surface area contributed by atoms with Crippen molar-refractivity contribution in [3.63, 3.8) is 0 Å². The summed E-state index contributed by atoms with van der Waals surface area (Å²) in [6.07, 6.45) is 2.23. The number of Topliss-reactive ketones (excluding diaryl/α,β-unsaturated/α-hetero) is 1. The molecule has 0 radical (unpaired) electrons. The van der Waals surface area contributed by atoms with Crippen LogP contribution in [0.15, 0.2) is 48.5 Å². The molecule has 1 aliphatic carbocycles. The molecule has 0 bridgehead atoms. The van der Waals surface area contributed by atoms with E-state index in [0.717, 1.165) is 28.9 Å². The van der Waals surface area contributed by atoms with Gasteiger partial charge in [-0.3, -0.25) is 14.5 Å². The SMILES string of the molecule is O=C(CN1C(=O)NC2(CCCc3ccccc32)C1=O)c1ccc(Cl)cc1. The molecule has 1 heterocycles. The quantitative estimate of drug-likeness (QED) is 0.667. The molecular weight excluding hydrogens is 352 g/mol. The first-order valence-corrected chi connectivity index (χ1v) is 8.90. The maximum atomic E-state index is 13.1. The number of nitrogens with one attached hydrogen (secondary N) is 1. The number of ketones is 1. The normalized spacial score (nSPS) is 21.7. The highest BCUT2D eigenvalue weighted by Gasteiger charge is 2.54. The van der Waals surface area contributed by atoms with Gasteiger partial charge in [0.1, 0.15) is 5.54 Å². The Hall–Kier alpha value is -2.66. The van der Waals surface area contributed by atoms with Crippen LogP contribution in [-0.2, 0) is 16.8 Å². The highest BCUT2D eigenvalue weighted by atomic mass is 35.5. The molecular formula is C20H17ClN2O3. The summed E-state index contributed by atoms with van der Waals surface area (Å²) in [5, 5.41) is 3.38. The summed E-state index contributed by atoms with van der Waals surface area (Å²) >= 11 is 5.84. The van der Waals surface area contributed by atoms with Gasteiger partial charge < -0.3 is 5.32 Å². The first kappa shape index (κ1) is 16.8. The highest BCUT2D eigenvalue weighted by Crippen LogP contribution is 2.39. The first-order valence-electron chi connectivity index (χ1n) is 8.52. The first-order chi connectivity index (χ1) is 12.5. The van der Waals surface area contributed by atoms with Crippen LogP contribution in [0.3, 0.4) is 0 Å². The van der Waals surface area contributed by atoms with Crippen molar-refractivity contribution in [3.8, 4) is 0 Å². The van der Waals surface area contributed by atoms with Gasteiger partial charge >= 0.3 is 6.03 Å². The van der Waals surface area contributed by atoms with E-state index >= 15 is 0 Å². The molecule has 1 saturated heterocycles. The summed E-state index contributed by atoms with van der Waals surface area (Å²) in [5.74, 6) is -0.650. The number of urea groups is 1. The molecule has 1 fully saturated rings. The van der Waals surface area contributed by atoms with Gasteiger partial charge in [-0.25, -0.2) is 4.79 Å². The fraction of sp³-hybridized carbons (Fsp3) is 0.250. The fourth-order valence-corrected chi connectivity index (χ4v) is 3.95. The van der Waals surface area contributed by atoms with E-state index < -0.39 is 11.6 Å². The Balaban J connectivity index is 1.63. The lowest BCUT2D eigenvalue weighted by atomic mass is 9.76. The smallest absolute Gasteiger partial charge is 0.319 e. The number of nitrogens with zero attached hydrogens (tertiary/aromatic N) is 1. The fourth-order valence-electron chi connectivity index (χ4n) is 3.83. The van der Waals surface area contributed by atoms with E-state index in [1.165, 1.54) is 0 Å². The number of imide groups is 1. The molecule has 2 aromatic rings. The van der Waals surface area contributed by atoms with Crippen molar-refractivity contribution in [2.24, 2.45) is 0 Å². The Kier molecular flexibility index (Phi) is 4.04. The maximum Gasteiger partial charge on any atom is 0.325 e. The molecule has 2 aromatic carbocycles. The molecule has 2 aliphatic rings. The minimum absolute atomic E-state index is 0.282. The topological polar surface area (TPSA) is 66.5 Å². The highest BCUT2D eigenvalue weighted by molar-refractivity contribution is 6.30. The molecule has 6 heteroatoms. The summed E-state index contributed by atoms with van der Waals surface area (Å²) < 4.78 is 0. The van der Waals surface area contributed by atoms with Gasteiger partial charge in [-0.2, -0.15) is 0 Å². The van der Waals surface area contributed by atoms with E-state index in [1.807, 2.05) is 24.3 Å². The number of fused-ring (bicyclic) bond motifs is 2. The summed E-state index contributed by atoms with van der Waals surface area (Å²) in [5.41, 5.74) is 1.27. The van der Waals surface area contributed by atoms with E-state index in [4.69, 9.17) is 11.6 Å². The van der Waals surface area contributed by atoms with Gasteiger partial charge in [0, 0.05) is 10.6 Å². The third-order valence-corrected chi connectivity index (χ3v) is 5.37. The maximum absolute atomic E-state index is 13.1. The van der Waals surface area contributed by atoms with Crippen molar-refractivity contribution in [1.29, 1.82) is 0 Å². The lowest BCUT2D eigenvalue weighted by Gasteiger charge is -2.33. The number of aryl methyl sites for hydroxylation is 1. The zero-order valence-electron chi connectivity index (χ0n) is 14.0. The van der Waals surface area contributed by atoms with Gasteiger partial charge in [-0.1, -0.05) is 35.9 Å². The average Bonchev–Trinajstić information content (AvgIpc) is 2.87. The van der Waals surface area contributed by atoms with Crippen molar-refractivity contribution >= 4 is 29.3 Å². The lowest BCUT2D eigenvalue weighted by Crippen LogP contribution is -2.46.